The van der Waals surface area contributed by atoms with Gasteiger partial charge in [0.1, 0.15) is 0 Å². The summed E-state index contributed by atoms with van der Waals surface area (Å²) in [5, 5.41) is 0. The van der Waals surface area contributed by atoms with Crippen LogP contribution in [0, 0.1) is 13.8 Å². The molecule has 0 bridgehead atoms. The monoisotopic (exact) mass is 275 g/mol. The average Bonchev–Trinajstić information content (AvgIpc) is 2.72. The molecular weight excluding hydrogens is 242 g/mol. The molecule has 1 aromatic carbocycles. The lowest BCUT2D eigenvalue weighted by Gasteiger charge is -2.36. The highest BCUT2D eigenvalue weighted by Crippen LogP contribution is 2.36. The van der Waals surface area contributed by atoms with Crippen LogP contribution in [0.4, 0.5) is 0 Å². The van der Waals surface area contributed by atoms with Crippen molar-refractivity contribution in [3.05, 3.63) is 34.9 Å². The highest BCUT2D eigenvalue weighted by atomic mass is 15.2. The number of aryl methyl sites for hydroxylation is 1. The summed E-state index contributed by atoms with van der Waals surface area (Å²) in [5.41, 5.74) is 4.74. The molecule has 0 N–H and O–H groups in total. The molecule has 0 spiro atoms. The Balaban J connectivity index is 0.000000956. The van der Waals surface area contributed by atoms with Crippen LogP contribution in [-0.2, 0) is 6.54 Å². The third-order valence-corrected chi connectivity index (χ3v) is 4.84. The van der Waals surface area contributed by atoms with Crippen molar-refractivity contribution in [3.63, 3.8) is 0 Å². The van der Waals surface area contributed by atoms with Gasteiger partial charge in [-0.05, 0) is 63.6 Å². The predicted octanol–water partition coefficient (Wildman–Crippen LogP) is 5.48. The lowest BCUT2D eigenvalue weighted by atomic mass is 9.99. The molecule has 2 rings (SSSR count). The third-order valence-electron chi connectivity index (χ3n) is 4.84. The first-order chi connectivity index (χ1) is 9.45. The van der Waals surface area contributed by atoms with Gasteiger partial charge in [-0.1, -0.05) is 39.0 Å². The molecule has 0 aliphatic carbocycles. The Morgan fingerprint density at radius 1 is 1.20 bits per heavy atom. The van der Waals surface area contributed by atoms with Crippen molar-refractivity contribution < 1.29 is 0 Å². The Morgan fingerprint density at radius 2 is 1.85 bits per heavy atom. The fourth-order valence-corrected chi connectivity index (χ4v) is 3.25. The molecule has 0 radical (unpaired) electrons. The van der Waals surface area contributed by atoms with Gasteiger partial charge in [0.2, 0.25) is 0 Å². The molecule has 1 saturated heterocycles. The van der Waals surface area contributed by atoms with E-state index in [0.29, 0.717) is 5.54 Å². The minimum atomic E-state index is 0.358. The number of hydrogen-bond donors (Lipinski definition) is 0. The van der Waals surface area contributed by atoms with Crippen LogP contribution in [0.1, 0.15) is 70.6 Å². The van der Waals surface area contributed by atoms with Crippen LogP contribution in [0.15, 0.2) is 18.2 Å². The quantitative estimate of drug-likeness (QED) is 0.705. The van der Waals surface area contributed by atoms with Crippen molar-refractivity contribution in [3.8, 4) is 0 Å². The zero-order valence-electron chi connectivity index (χ0n) is 14.6. The Kier molecular flexibility index (Phi) is 6.26. The molecule has 0 aromatic heterocycles. The van der Waals surface area contributed by atoms with Gasteiger partial charge in [-0.15, -0.1) is 0 Å². The van der Waals surface area contributed by atoms with E-state index in [0.717, 1.165) is 12.6 Å². The first-order valence-electron chi connectivity index (χ1n) is 8.27. The highest BCUT2D eigenvalue weighted by Gasteiger charge is 2.38. The standard InChI is InChI=1S/C17H27N.C2H6/c1-6-16-10-11-17(4,5)18(16)12-15-9-7-8-13(2)14(15)3;1-2/h7-9,16H,6,10-12H2,1-5H3;1-2H3. The Morgan fingerprint density at radius 3 is 2.45 bits per heavy atom. The van der Waals surface area contributed by atoms with Gasteiger partial charge in [0.25, 0.3) is 0 Å². The molecule has 114 valence electrons. The van der Waals surface area contributed by atoms with Gasteiger partial charge in [-0.25, -0.2) is 0 Å². The first-order valence-corrected chi connectivity index (χ1v) is 8.27. The van der Waals surface area contributed by atoms with E-state index >= 15 is 0 Å². The average molecular weight is 275 g/mol. The van der Waals surface area contributed by atoms with E-state index in [1.54, 1.807) is 0 Å². The molecule has 1 heteroatoms. The van der Waals surface area contributed by atoms with Gasteiger partial charge in [0, 0.05) is 18.1 Å². The lowest BCUT2D eigenvalue weighted by molar-refractivity contribution is 0.117. The molecule has 1 heterocycles. The zero-order chi connectivity index (χ0) is 15.3. The molecule has 1 unspecified atom stereocenters. The maximum absolute atomic E-state index is 2.72. The summed E-state index contributed by atoms with van der Waals surface area (Å²) >= 11 is 0. The van der Waals surface area contributed by atoms with Gasteiger partial charge >= 0.3 is 0 Å². The van der Waals surface area contributed by atoms with Crippen LogP contribution in [0.3, 0.4) is 0 Å². The highest BCUT2D eigenvalue weighted by molar-refractivity contribution is 5.33. The fourth-order valence-electron chi connectivity index (χ4n) is 3.25. The second-order valence-electron chi connectivity index (χ2n) is 6.40. The predicted molar refractivity (Wildman–Crippen MR) is 90.2 cm³/mol. The molecule has 1 aromatic rings. The number of hydrogen-bond acceptors (Lipinski definition) is 1. The van der Waals surface area contributed by atoms with Crippen LogP contribution in [-0.4, -0.2) is 16.5 Å². The van der Waals surface area contributed by atoms with E-state index in [4.69, 9.17) is 0 Å². The van der Waals surface area contributed by atoms with Crippen molar-refractivity contribution in [2.24, 2.45) is 0 Å². The topological polar surface area (TPSA) is 3.24 Å². The van der Waals surface area contributed by atoms with Crippen molar-refractivity contribution in [1.82, 2.24) is 4.90 Å². The SMILES string of the molecule is CC.CCC1CCC(C)(C)N1Cc1cccc(C)c1C. The largest absolute Gasteiger partial charge is 0.291 e. The summed E-state index contributed by atoms with van der Waals surface area (Å²) in [4.78, 5) is 2.72. The normalized spacial score (nSPS) is 21.4. The van der Waals surface area contributed by atoms with Crippen molar-refractivity contribution >= 4 is 0 Å². The number of benzene rings is 1. The molecule has 1 atom stereocenters. The molecule has 20 heavy (non-hydrogen) atoms. The third kappa shape index (κ3) is 3.63. The van der Waals surface area contributed by atoms with Gasteiger partial charge < -0.3 is 0 Å². The molecular formula is C19H33N. The summed E-state index contributed by atoms with van der Waals surface area (Å²) in [5.74, 6) is 0. The molecule has 1 nitrogen and oxygen atoms in total. The summed E-state index contributed by atoms with van der Waals surface area (Å²) in [7, 11) is 0. The number of likely N-dealkylation sites (tertiary alicyclic amines) is 1. The first kappa shape index (κ1) is 17.2. The van der Waals surface area contributed by atoms with E-state index in [9.17, 15) is 0 Å². The fraction of sp³-hybridized carbons (Fsp3) is 0.684. The van der Waals surface area contributed by atoms with E-state index < -0.39 is 0 Å². The van der Waals surface area contributed by atoms with Gasteiger partial charge in [0.15, 0.2) is 0 Å². The molecule has 0 saturated carbocycles. The van der Waals surface area contributed by atoms with Crippen LogP contribution in [0.25, 0.3) is 0 Å². The van der Waals surface area contributed by atoms with Crippen molar-refractivity contribution in [2.75, 3.05) is 0 Å². The minimum absolute atomic E-state index is 0.358. The zero-order valence-corrected chi connectivity index (χ0v) is 14.6. The van der Waals surface area contributed by atoms with Crippen LogP contribution in [0.5, 0.6) is 0 Å². The van der Waals surface area contributed by atoms with Crippen molar-refractivity contribution in [1.29, 1.82) is 0 Å². The number of rotatable bonds is 3. The molecule has 0 amide bonds. The summed E-state index contributed by atoms with van der Waals surface area (Å²) in [6.07, 6.45) is 3.96. The Labute approximate surface area is 126 Å². The Bertz CT molecular complexity index is 420. The van der Waals surface area contributed by atoms with Crippen LogP contribution in [0.2, 0.25) is 0 Å². The van der Waals surface area contributed by atoms with E-state index in [2.05, 4.69) is 57.7 Å². The smallest absolute Gasteiger partial charge is 0.0244 e. The Hall–Kier alpha value is -0.820. The summed E-state index contributed by atoms with van der Waals surface area (Å²) < 4.78 is 0. The molecule has 1 aliphatic rings. The van der Waals surface area contributed by atoms with E-state index in [1.165, 1.54) is 36.0 Å². The van der Waals surface area contributed by atoms with Crippen LogP contribution >= 0.6 is 0 Å². The maximum atomic E-state index is 2.72. The van der Waals surface area contributed by atoms with Crippen LogP contribution < -0.4 is 0 Å². The van der Waals surface area contributed by atoms with E-state index in [-0.39, 0.29) is 0 Å². The van der Waals surface area contributed by atoms with Gasteiger partial charge in [-0.2, -0.15) is 0 Å². The van der Waals surface area contributed by atoms with E-state index in [1.807, 2.05) is 13.8 Å². The van der Waals surface area contributed by atoms with Crippen molar-refractivity contribution in [2.45, 2.75) is 85.9 Å². The summed E-state index contributed by atoms with van der Waals surface area (Å²) in [6, 6.07) is 7.47. The summed E-state index contributed by atoms with van der Waals surface area (Å²) in [6.45, 7) is 16.7. The van der Waals surface area contributed by atoms with Gasteiger partial charge in [0.05, 0.1) is 0 Å². The second kappa shape index (κ2) is 7.26. The molecule has 1 aliphatic heterocycles. The second-order valence-corrected chi connectivity index (χ2v) is 6.40. The maximum Gasteiger partial charge on any atom is 0.0244 e. The minimum Gasteiger partial charge on any atom is -0.291 e. The lowest BCUT2D eigenvalue weighted by Crippen LogP contribution is -2.42. The molecule has 1 fully saturated rings. The van der Waals surface area contributed by atoms with Gasteiger partial charge in [-0.3, -0.25) is 4.90 Å². The number of nitrogens with zero attached hydrogens (tertiary/aromatic N) is 1.